The average Bonchev–Trinajstić information content (AvgIpc) is 2.79. The number of nitrogens with zero attached hydrogens (tertiary/aromatic N) is 2. The number of benzene rings is 1. The predicted octanol–water partition coefficient (Wildman–Crippen LogP) is 3.35. The van der Waals surface area contributed by atoms with E-state index in [1.807, 2.05) is 11.8 Å². The number of hydrogen-bond donors (Lipinski definition) is 0. The van der Waals surface area contributed by atoms with Crippen molar-refractivity contribution in [2.24, 2.45) is 4.99 Å². The fourth-order valence-electron chi connectivity index (χ4n) is 2.28. The van der Waals surface area contributed by atoms with Gasteiger partial charge in [-0.1, -0.05) is 41.6 Å². The van der Waals surface area contributed by atoms with Crippen molar-refractivity contribution in [2.45, 2.75) is 32.4 Å². The van der Waals surface area contributed by atoms with Crippen molar-refractivity contribution in [2.75, 3.05) is 19.6 Å². The molecule has 0 spiro atoms. The van der Waals surface area contributed by atoms with Gasteiger partial charge in [-0.2, -0.15) is 0 Å². The van der Waals surface area contributed by atoms with E-state index in [1.54, 1.807) is 0 Å². The Balaban J connectivity index is 1.92. The summed E-state index contributed by atoms with van der Waals surface area (Å²) in [4.78, 5) is 7.03. The molecule has 2 nitrogen and oxygen atoms in total. The molecule has 1 heterocycles. The average molecular weight is 262 g/mol. The maximum Gasteiger partial charge on any atom is 0.159 e. The second kappa shape index (κ2) is 6.28. The molecule has 0 bridgehead atoms. The minimum Gasteiger partial charge on any atom is -0.352 e. The third-order valence-electron chi connectivity index (χ3n) is 3.28. The highest BCUT2D eigenvalue weighted by Crippen LogP contribution is 2.26. The number of hydrogen-bond acceptors (Lipinski definition) is 3. The highest BCUT2D eigenvalue weighted by atomic mass is 32.2. The third kappa shape index (κ3) is 3.29. The Morgan fingerprint density at radius 1 is 1.33 bits per heavy atom. The van der Waals surface area contributed by atoms with Crippen molar-refractivity contribution in [1.29, 1.82) is 0 Å². The van der Waals surface area contributed by atoms with E-state index in [0.29, 0.717) is 5.25 Å². The van der Waals surface area contributed by atoms with Gasteiger partial charge in [-0.15, -0.1) is 0 Å². The molecule has 0 unspecified atom stereocenters. The molecule has 0 radical (unpaired) electrons. The number of amidine groups is 1. The molecule has 0 aromatic heterocycles. The van der Waals surface area contributed by atoms with Crippen LogP contribution in [-0.4, -0.2) is 35.0 Å². The van der Waals surface area contributed by atoms with E-state index in [0.717, 1.165) is 26.1 Å². The zero-order valence-corrected chi connectivity index (χ0v) is 12.3. The highest BCUT2D eigenvalue weighted by Gasteiger charge is 2.22. The molecular weight excluding hydrogens is 240 g/mol. The van der Waals surface area contributed by atoms with Crippen LogP contribution in [0.5, 0.6) is 0 Å². The topological polar surface area (TPSA) is 15.6 Å². The van der Waals surface area contributed by atoms with Crippen molar-refractivity contribution in [3.8, 4) is 0 Å². The maximum absolute atomic E-state index is 4.68. The minimum absolute atomic E-state index is 0.613. The largest absolute Gasteiger partial charge is 0.352 e. The van der Waals surface area contributed by atoms with Crippen LogP contribution >= 0.6 is 11.8 Å². The zero-order chi connectivity index (χ0) is 13.0. The van der Waals surface area contributed by atoms with Crippen LogP contribution < -0.4 is 0 Å². The molecule has 0 saturated carbocycles. The normalized spacial score (nSPS) is 18.8. The van der Waals surface area contributed by atoms with Crippen molar-refractivity contribution in [1.82, 2.24) is 4.90 Å². The Kier molecular flexibility index (Phi) is 4.70. The molecule has 0 aliphatic carbocycles. The van der Waals surface area contributed by atoms with E-state index in [2.05, 4.69) is 54.9 Å². The molecular formula is C15H22N2S. The van der Waals surface area contributed by atoms with Gasteiger partial charge in [0.2, 0.25) is 0 Å². The van der Waals surface area contributed by atoms with Crippen molar-refractivity contribution >= 4 is 16.9 Å². The first-order valence-electron chi connectivity index (χ1n) is 6.74. The molecule has 3 heteroatoms. The Morgan fingerprint density at radius 3 is 2.78 bits per heavy atom. The zero-order valence-electron chi connectivity index (χ0n) is 11.5. The van der Waals surface area contributed by atoms with Gasteiger partial charge in [0.05, 0.1) is 6.54 Å². The lowest BCUT2D eigenvalue weighted by Crippen LogP contribution is -2.27. The van der Waals surface area contributed by atoms with Gasteiger partial charge in [-0.3, -0.25) is 4.99 Å². The van der Waals surface area contributed by atoms with Crippen LogP contribution in [0, 0.1) is 6.92 Å². The second-order valence-corrected chi connectivity index (χ2v) is 6.00. The third-order valence-corrected chi connectivity index (χ3v) is 4.53. The standard InChI is InChI=1S/C15H22N2S/c1-4-17(5-2)15-16-11-14(18-15)10-13-8-6-7-12(3)9-13/h6-9,14H,4-5,10-11H2,1-3H3/t14-/m1/s1. The first kappa shape index (κ1) is 13.5. The molecule has 0 fully saturated rings. The van der Waals surface area contributed by atoms with Crippen LogP contribution in [0.15, 0.2) is 29.3 Å². The maximum atomic E-state index is 4.68. The van der Waals surface area contributed by atoms with Crippen LogP contribution in [0.3, 0.4) is 0 Å². The molecule has 1 atom stereocenters. The summed E-state index contributed by atoms with van der Waals surface area (Å²) in [6, 6.07) is 8.82. The number of thioether (sulfide) groups is 1. The summed E-state index contributed by atoms with van der Waals surface area (Å²) in [5.41, 5.74) is 2.78. The Morgan fingerprint density at radius 2 is 2.11 bits per heavy atom. The molecule has 0 saturated heterocycles. The van der Waals surface area contributed by atoms with E-state index < -0.39 is 0 Å². The van der Waals surface area contributed by atoms with E-state index >= 15 is 0 Å². The van der Waals surface area contributed by atoms with Crippen LogP contribution in [0.2, 0.25) is 0 Å². The molecule has 0 N–H and O–H groups in total. The SMILES string of the molecule is CCN(CC)C1=NC[C@@H](Cc2cccc(C)c2)S1. The van der Waals surface area contributed by atoms with E-state index in [1.165, 1.54) is 16.3 Å². The Labute approximate surface area is 114 Å². The van der Waals surface area contributed by atoms with Crippen molar-refractivity contribution in [3.63, 3.8) is 0 Å². The Hall–Kier alpha value is -0.960. The summed E-state index contributed by atoms with van der Waals surface area (Å²) in [5.74, 6) is 0. The van der Waals surface area contributed by atoms with Gasteiger partial charge in [-0.25, -0.2) is 0 Å². The summed E-state index contributed by atoms with van der Waals surface area (Å²) in [5, 5.41) is 1.85. The first-order valence-corrected chi connectivity index (χ1v) is 7.62. The van der Waals surface area contributed by atoms with Gasteiger partial charge in [0.15, 0.2) is 5.17 Å². The van der Waals surface area contributed by atoms with Gasteiger partial charge >= 0.3 is 0 Å². The molecule has 1 aliphatic heterocycles. The highest BCUT2D eigenvalue weighted by molar-refractivity contribution is 8.14. The molecule has 1 aromatic carbocycles. The van der Waals surface area contributed by atoms with Crippen LogP contribution in [0.25, 0.3) is 0 Å². The summed E-state index contributed by atoms with van der Waals surface area (Å²) in [6.07, 6.45) is 1.13. The lowest BCUT2D eigenvalue weighted by molar-refractivity contribution is 0.474. The number of rotatable bonds is 4. The van der Waals surface area contributed by atoms with Crippen LogP contribution in [0.4, 0.5) is 0 Å². The monoisotopic (exact) mass is 262 g/mol. The lowest BCUT2D eigenvalue weighted by Gasteiger charge is -2.20. The van der Waals surface area contributed by atoms with Crippen molar-refractivity contribution in [3.05, 3.63) is 35.4 Å². The molecule has 98 valence electrons. The van der Waals surface area contributed by atoms with Gasteiger partial charge in [-0.05, 0) is 32.8 Å². The van der Waals surface area contributed by atoms with Crippen LogP contribution in [0.1, 0.15) is 25.0 Å². The van der Waals surface area contributed by atoms with Crippen molar-refractivity contribution < 1.29 is 0 Å². The molecule has 1 aliphatic rings. The van der Waals surface area contributed by atoms with Gasteiger partial charge in [0.1, 0.15) is 0 Å². The smallest absolute Gasteiger partial charge is 0.159 e. The van der Waals surface area contributed by atoms with Gasteiger partial charge in [0, 0.05) is 18.3 Å². The Bertz CT molecular complexity index is 424. The first-order chi connectivity index (χ1) is 8.72. The summed E-state index contributed by atoms with van der Waals surface area (Å²) in [6.45, 7) is 9.62. The quantitative estimate of drug-likeness (QED) is 0.827. The van der Waals surface area contributed by atoms with Gasteiger partial charge < -0.3 is 4.90 Å². The molecule has 1 aromatic rings. The lowest BCUT2D eigenvalue weighted by atomic mass is 10.1. The van der Waals surface area contributed by atoms with Gasteiger partial charge in [0.25, 0.3) is 0 Å². The minimum atomic E-state index is 0.613. The van der Waals surface area contributed by atoms with E-state index in [9.17, 15) is 0 Å². The fourth-order valence-corrected chi connectivity index (χ4v) is 3.56. The summed E-state index contributed by atoms with van der Waals surface area (Å²) < 4.78 is 0. The van der Waals surface area contributed by atoms with Crippen LogP contribution in [-0.2, 0) is 6.42 Å². The second-order valence-electron chi connectivity index (χ2n) is 4.73. The molecule has 2 rings (SSSR count). The number of aryl methyl sites for hydroxylation is 1. The summed E-state index contributed by atoms with van der Waals surface area (Å²) in [7, 11) is 0. The van der Waals surface area contributed by atoms with E-state index in [4.69, 9.17) is 0 Å². The number of aliphatic imine (C=N–C) groups is 1. The summed E-state index contributed by atoms with van der Waals surface area (Å²) >= 11 is 1.94. The predicted molar refractivity (Wildman–Crippen MR) is 81.5 cm³/mol. The molecule has 0 amide bonds. The fraction of sp³-hybridized carbons (Fsp3) is 0.533. The molecule has 18 heavy (non-hydrogen) atoms. The van der Waals surface area contributed by atoms with E-state index in [-0.39, 0.29) is 0 Å².